The van der Waals surface area contributed by atoms with Crippen molar-refractivity contribution in [3.63, 3.8) is 0 Å². The molecule has 4 amide bonds. The Morgan fingerprint density at radius 2 is 1.73 bits per heavy atom. The van der Waals surface area contributed by atoms with E-state index in [9.17, 15) is 18.8 Å². The highest BCUT2D eigenvalue weighted by atomic mass is 19.1. The number of imide groups is 1. The smallest absolute Gasteiger partial charge is 0.325 e. The number of halogens is 1. The summed E-state index contributed by atoms with van der Waals surface area (Å²) < 4.78 is 13.3. The van der Waals surface area contributed by atoms with Gasteiger partial charge in [-0.2, -0.15) is 0 Å². The molecule has 2 aromatic carbocycles. The Labute approximate surface area is 175 Å². The molecule has 3 rings (SSSR count). The molecule has 1 fully saturated rings. The van der Waals surface area contributed by atoms with Crippen LogP contribution in [-0.4, -0.2) is 40.2 Å². The van der Waals surface area contributed by atoms with Crippen molar-refractivity contribution in [2.24, 2.45) is 0 Å². The molecule has 30 heavy (non-hydrogen) atoms. The first-order valence-corrected chi connectivity index (χ1v) is 10.0. The maximum absolute atomic E-state index is 13.3. The molecule has 6 nitrogen and oxygen atoms in total. The van der Waals surface area contributed by atoms with Gasteiger partial charge in [-0.1, -0.05) is 49.4 Å². The van der Waals surface area contributed by atoms with Crippen LogP contribution in [0.15, 0.2) is 54.6 Å². The quantitative estimate of drug-likeness (QED) is 0.710. The number of nitrogens with one attached hydrogen (secondary N) is 1. The van der Waals surface area contributed by atoms with Crippen LogP contribution in [0.2, 0.25) is 0 Å². The average Bonchev–Trinajstić information content (AvgIpc) is 2.98. The van der Waals surface area contributed by atoms with E-state index in [2.05, 4.69) is 5.32 Å². The summed E-state index contributed by atoms with van der Waals surface area (Å²) in [6.45, 7) is 5.59. The van der Waals surface area contributed by atoms with E-state index < -0.39 is 23.3 Å². The number of hydrogen-bond donors (Lipinski definition) is 1. The second-order valence-corrected chi connectivity index (χ2v) is 7.69. The highest BCUT2D eigenvalue weighted by Gasteiger charge is 2.51. The number of rotatable bonds is 7. The average molecular weight is 411 g/mol. The van der Waals surface area contributed by atoms with Crippen LogP contribution in [0.1, 0.15) is 38.3 Å². The van der Waals surface area contributed by atoms with Gasteiger partial charge in [-0.25, -0.2) is 9.18 Å². The molecule has 7 heteroatoms. The van der Waals surface area contributed by atoms with E-state index in [1.54, 1.807) is 11.8 Å². The maximum atomic E-state index is 13.3. The molecule has 1 N–H and O–H groups in total. The lowest BCUT2D eigenvalue weighted by molar-refractivity contribution is -0.140. The van der Waals surface area contributed by atoms with E-state index in [0.717, 1.165) is 10.5 Å². The molecular formula is C23H26FN3O3. The van der Waals surface area contributed by atoms with Gasteiger partial charge in [-0.15, -0.1) is 0 Å². The molecule has 0 aromatic heterocycles. The third kappa shape index (κ3) is 4.06. The molecule has 1 aliphatic rings. The third-order valence-corrected chi connectivity index (χ3v) is 5.48. The first kappa shape index (κ1) is 21.5. The Morgan fingerprint density at radius 3 is 2.30 bits per heavy atom. The predicted molar refractivity (Wildman–Crippen MR) is 111 cm³/mol. The van der Waals surface area contributed by atoms with Crippen molar-refractivity contribution in [1.82, 2.24) is 15.1 Å². The molecule has 0 unspecified atom stereocenters. The van der Waals surface area contributed by atoms with Gasteiger partial charge >= 0.3 is 6.03 Å². The topological polar surface area (TPSA) is 69.7 Å². The monoisotopic (exact) mass is 411 g/mol. The second kappa shape index (κ2) is 8.65. The highest BCUT2D eigenvalue weighted by molar-refractivity contribution is 6.09. The van der Waals surface area contributed by atoms with Crippen molar-refractivity contribution >= 4 is 17.8 Å². The Morgan fingerprint density at radius 1 is 1.10 bits per heavy atom. The molecule has 0 saturated carbocycles. The SMILES string of the molecule is CC[C@]1(c2ccc(F)cc2)NC(=O)N(CC(=O)N(Cc2ccccc2)C(C)C)C1=O. The molecule has 0 aliphatic carbocycles. The Hall–Kier alpha value is -3.22. The van der Waals surface area contributed by atoms with Gasteiger partial charge in [0, 0.05) is 12.6 Å². The number of carbonyl (C=O) groups excluding carboxylic acids is 3. The van der Waals surface area contributed by atoms with Crippen molar-refractivity contribution in [1.29, 1.82) is 0 Å². The third-order valence-electron chi connectivity index (χ3n) is 5.48. The minimum absolute atomic E-state index is 0.105. The summed E-state index contributed by atoms with van der Waals surface area (Å²) in [5.74, 6) is -1.25. The molecule has 158 valence electrons. The zero-order chi connectivity index (χ0) is 21.9. The minimum Gasteiger partial charge on any atom is -0.334 e. The van der Waals surface area contributed by atoms with Crippen LogP contribution < -0.4 is 5.32 Å². The summed E-state index contributed by atoms with van der Waals surface area (Å²) in [6, 6.07) is 14.3. The molecule has 0 spiro atoms. The molecule has 0 bridgehead atoms. The zero-order valence-electron chi connectivity index (χ0n) is 17.4. The van der Waals surface area contributed by atoms with E-state index in [1.165, 1.54) is 24.3 Å². The van der Waals surface area contributed by atoms with E-state index in [-0.39, 0.29) is 24.9 Å². The summed E-state index contributed by atoms with van der Waals surface area (Å²) in [5.41, 5.74) is 0.156. The lowest BCUT2D eigenvalue weighted by Gasteiger charge is -2.29. The molecular weight excluding hydrogens is 385 g/mol. The first-order chi connectivity index (χ1) is 14.3. The predicted octanol–water partition coefficient (Wildman–Crippen LogP) is 3.42. The van der Waals surface area contributed by atoms with E-state index in [1.807, 2.05) is 44.2 Å². The van der Waals surface area contributed by atoms with Gasteiger partial charge in [-0.05, 0) is 43.5 Å². The second-order valence-electron chi connectivity index (χ2n) is 7.69. The van der Waals surface area contributed by atoms with Gasteiger partial charge in [0.1, 0.15) is 17.9 Å². The number of urea groups is 1. The Balaban J connectivity index is 1.81. The lowest BCUT2D eigenvalue weighted by atomic mass is 9.87. The van der Waals surface area contributed by atoms with Crippen molar-refractivity contribution < 1.29 is 18.8 Å². The molecule has 1 heterocycles. The van der Waals surface area contributed by atoms with E-state index in [4.69, 9.17) is 0 Å². The molecule has 0 radical (unpaired) electrons. The largest absolute Gasteiger partial charge is 0.334 e. The van der Waals surface area contributed by atoms with Gasteiger partial charge in [-0.3, -0.25) is 14.5 Å². The fourth-order valence-electron chi connectivity index (χ4n) is 3.71. The molecule has 1 saturated heterocycles. The van der Waals surface area contributed by atoms with E-state index >= 15 is 0 Å². The van der Waals surface area contributed by atoms with Crippen molar-refractivity contribution in [2.75, 3.05) is 6.54 Å². The minimum atomic E-state index is -1.30. The summed E-state index contributed by atoms with van der Waals surface area (Å²) in [6.07, 6.45) is 0.284. The number of carbonyl (C=O) groups is 3. The fraction of sp³-hybridized carbons (Fsp3) is 0.348. The van der Waals surface area contributed by atoms with Crippen molar-refractivity contribution in [2.45, 2.75) is 45.3 Å². The Bertz CT molecular complexity index is 930. The van der Waals surface area contributed by atoms with Gasteiger partial charge in [0.15, 0.2) is 0 Å². The molecule has 1 atom stereocenters. The lowest BCUT2D eigenvalue weighted by Crippen LogP contribution is -2.46. The van der Waals surface area contributed by atoms with Crippen LogP contribution in [0.5, 0.6) is 0 Å². The number of benzene rings is 2. The van der Waals surface area contributed by atoms with Gasteiger partial charge in [0.25, 0.3) is 5.91 Å². The van der Waals surface area contributed by atoms with Crippen LogP contribution in [-0.2, 0) is 21.7 Å². The van der Waals surface area contributed by atoms with Gasteiger partial charge < -0.3 is 10.2 Å². The van der Waals surface area contributed by atoms with Crippen LogP contribution >= 0.6 is 0 Å². The molecule has 2 aromatic rings. The fourth-order valence-corrected chi connectivity index (χ4v) is 3.71. The summed E-state index contributed by atoms with van der Waals surface area (Å²) >= 11 is 0. The van der Waals surface area contributed by atoms with Crippen LogP contribution in [0, 0.1) is 5.82 Å². The van der Waals surface area contributed by atoms with Crippen LogP contribution in [0.25, 0.3) is 0 Å². The molecule has 1 aliphatic heterocycles. The number of nitrogens with zero attached hydrogens (tertiary/aromatic N) is 2. The number of hydrogen-bond acceptors (Lipinski definition) is 3. The first-order valence-electron chi connectivity index (χ1n) is 10.0. The standard InChI is InChI=1S/C23H26FN3O3/c1-4-23(18-10-12-19(24)13-11-18)21(29)27(22(30)25-23)15-20(28)26(16(2)3)14-17-8-6-5-7-9-17/h5-13,16H,4,14-15H2,1-3H3,(H,25,30)/t23-/m1/s1. The van der Waals surface area contributed by atoms with Crippen LogP contribution in [0.4, 0.5) is 9.18 Å². The number of amides is 4. The summed E-state index contributed by atoms with van der Waals surface area (Å²) in [7, 11) is 0. The zero-order valence-corrected chi connectivity index (χ0v) is 17.4. The van der Waals surface area contributed by atoms with Crippen molar-refractivity contribution in [3.05, 3.63) is 71.5 Å². The Kier molecular flexibility index (Phi) is 6.20. The van der Waals surface area contributed by atoms with E-state index in [0.29, 0.717) is 12.1 Å². The highest BCUT2D eigenvalue weighted by Crippen LogP contribution is 2.32. The maximum Gasteiger partial charge on any atom is 0.325 e. The van der Waals surface area contributed by atoms with Gasteiger partial charge in [0.2, 0.25) is 5.91 Å². The normalized spacial score (nSPS) is 18.6. The summed E-state index contributed by atoms with van der Waals surface area (Å²) in [5, 5.41) is 2.72. The van der Waals surface area contributed by atoms with Crippen LogP contribution in [0.3, 0.4) is 0 Å². The van der Waals surface area contributed by atoms with Gasteiger partial charge in [0.05, 0.1) is 0 Å². The van der Waals surface area contributed by atoms with Crippen molar-refractivity contribution in [3.8, 4) is 0 Å². The summed E-state index contributed by atoms with van der Waals surface area (Å²) in [4.78, 5) is 41.5.